The molecule has 2 aromatic rings. The van der Waals surface area contributed by atoms with Gasteiger partial charge in [0, 0.05) is 4.47 Å². The maximum absolute atomic E-state index is 11.8. The Bertz CT molecular complexity index is 933. The standard InChI is InChI=1S/C20H18BrN3O4/c1-2-27-18-10-14(9-15(11-22)19(25)24-20(23)26)5-8-17(18)28-12-13-3-6-16(21)7-4-13/h3-10H,2,12H2,1H3,(H3,23,24,25,26)/b15-9-. The lowest BCUT2D eigenvalue weighted by molar-refractivity contribution is -0.115. The number of nitriles is 1. The molecule has 3 N–H and O–H groups in total. The van der Waals surface area contributed by atoms with E-state index in [4.69, 9.17) is 20.5 Å². The van der Waals surface area contributed by atoms with Gasteiger partial charge in [0.1, 0.15) is 18.2 Å². The summed E-state index contributed by atoms with van der Waals surface area (Å²) in [5.41, 5.74) is 6.17. The average Bonchev–Trinajstić information content (AvgIpc) is 2.66. The van der Waals surface area contributed by atoms with Crippen LogP contribution in [-0.2, 0) is 11.4 Å². The monoisotopic (exact) mass is 443 g/mol. The third-order valence-corrected chi connectivity index (χ3v) is 4.02. The van der Waals surface area contributed by atoms with Crippen LogP contribution in [0.2, 0.25) is 0 Å². The topological polar surface area (TPSA) is 114 Å². The zero-order chi connectivity index (χ0) is 20.5. The molecule has 7 nitrogen and oxygen atoms in total. The molecule has 0 bridgehead atoms. The zero-order valence-electron chi connectivity index (χ0n) is 15.1. The van der Waals surface area contributed by atoms with Crippen molar-refractivity contribution in [1.82, 2.24) is 5.32 Å². The maximum atomic E-state index is 11.8. The van der Waals surface area contributed by atoms with Crippen LogP contribution in [0.4, 0.5) is 4.79 Å². The molecular weight excluding hydrogens is 426 g/mol. The molecule has 0 saturated carbocycles. The number of nitrogens with zero attached hydrogens (tertiary/aromatic N) is 1. The summed E-state index contributed by atoms with van der Waals surface area (Å²) in [5.74, 6) is 0.131. The fourth-order valence-corrected chi connectivity index (χ4v) is 2.50. The van der Waals surface area contributed by atoms with E-state index in [9.17, 15) is 9.59 Å². The normalized spacial score (nSPS) is 10.7. The van der Waals surface area contributed by atoms with Gasteiger partial charge in [-0.05, 0) is 48.4 Å². The second-order valence-corrected chi connectivity index (χ2v) is 6.46. The van der Waals surface area contributed by atoms with Crippen LogP contribution in [0.15, 0.2) is 52.5 Å². The van der Waals surface area contributed by atoms with Gasteiger partial charge >= 0.3 is 6.03 Å². The number of primary amides is 1. The van der Waals surface area contributed by atoms with Gasteiger partial charge in [-0.1, -0.05) is 34.1 Å². The van der Waals surface area contributed by atoms with Crippen LogP contribution >= 0.6 is 15.9 Å². The van der Waals surface area contributed by atoms with Gasteiger partial charge in [0.05, 0.1) is 6.61 Å². The van der Waals surface area contributed by atoms with Crippen LogP contribution in [0.5, 0.6) is 11.5 Å². The van der Waals surface area contributed by atoms with Crippen LogP contribution < -0.4 is 20.5 Å². The molecule has 8 heteroatoms. The Hall–Kier alpha value is -3.31. The third kappa shape index (κ3) is 6.14. The molecule has 0 heterocycles. The number of benzene rings is 2. The predicted octanol–water partition coefficient (Wildman–Crippen LogP) is 3.53. The number of halogens is 1. The van der Waals surface area contributed by atoms with Crippen LogP contribution in [0.25, 0.3) is 6.08 Å². The minimum absolute atomic E-state index is 0.259. The lowest BCUT2D eigenvalue weighted by Crippen LogP contribution is -2.35. The summed E-state index contributed by atoms with van der Waals surface area (Å²) in [5, 5.41) is 11.0. The quantitative estimate of drug-likeness (QED) is 0.501. The Morgan fingerprint density at radius 3 is 2.50 bits per heavy atom. The Morgan fingerprint density at radius 2 is 1.89 bits per heavy atom. The number of imide groups is 1. The van der Waals surface area contributed by atoms with Crippen molar-refractivity contribution in [2.75, 3.05) is 6.61 Å². The van der Waals surface area contributed by atoms with Gasteiger partial charge in [-0.3, -0.25) is 10.1 Å². The average molecular weight is 444 g/mol. The van der Waals surface area contributed by atoms with Crippen LogP contribution in [0.3, 0.4) is 0 Å². The molecule has 3 amide bonds. The molecule has 0 spiro atoms. The number of nitrogens with two attached hydrogens (primary N) is 1. The summed E-state index contributed by atoms with van der Waals surface area (Å²) in [6.07, 6.45) is 1.33. The summed E-state index contributed by atoms with van der Waals surface area (Å²) in [4.78, 5) is 22.6. The van der Waals surface area contributed by atoms with Crippen molar-refractivity contribution in [2.24, 2.45) is 5.73 Å². The molecule has 0 atom stereocenters. The van der Waals surface area contributed by atoms with Crippen molar-refractivity contribution in [3.05, 3.63) is 63.6 Å². The summed E-state index contributed by atoms with van der Waals surface area (Å²) in [6.45, 7) is 2.60. The molecule has 0 aliphatic heterocycles. The minimum Gasteiger partial charge on any atom is -0.490 e. The second-order valence-electron chi connectivity index (χ2n) is 5.54. The van der Waals surface area contributed by atoms with E-state index < -0.39 is 11.9 Å². The minimum atomic E-state index is -1.03. The van der Waals surface area contributed by atoms with Gasteiger partial charge in [0.15, 0.2) is 11.5 Å². The molecule has 0 aliphatic carbocycles. The molecule has 0 saturated heterocycles. The lowest BCUT2D eigenvalue weighted by atomic mass is 10.1. The van der Waals surface area contributed by atoms with E-state index in [-0.39, 0.29) is 5.57 Å². The summed E-state index contributed by atoms with van der Waals surface area (Å²) < 4.78 is 12.4. The first kappa shape index (κ1) is 21.0. The summed E-state index contributed by atoms with van der Waals surface area (Å²) in [6, 6.07) is 13.5. The number of hydrogen-bond donors (Lipinski definition) is 2. The van der Waals surface area contributed by atoms with Crippen LogP contribution in [0, 0.1) is 11.3 Å². The molecule has 0 radical (unpaired) electrons. The van der Waals surface area contributed by atoms with Crippen LogP contribution in [-0.4, -0.2) is 18.5 Å². The molecule has 144 valence electrons. The van der Waals surface area contributed by atoms with E-state index in [1.807, 2.05) is 36.5 Å². The fourth-order valence-electron chi connectivity index (χ4n) is 2.24. The van der Waals surface area contributed by atoms with Gasteiger partial charge in [-0.2, -0.15) is 5.26 Å². The molecular formula is C20H18BrN3O4. The first-order chi connectivity index (χ1) is 13.4. The number of amides is 3. The largest absolute Gasteiger partial charge is 0.490 e. The number of ether oxygens (including phenoxy) is 2. The highest BCUT2D eigenvalue weighted by Gasteiger charge is 2.12. The predicted molar refractivity (Wildman–Crippen MR) is 107 cm³/mol. The number of hydrogen-bond acceptors (Lipinski definition) is 5. The van der Waals surface area contributed by atoms with E-state index >= 15 is 0 Å². The smallest absolute Gasteiger partial charge is 0.319 e. The molecule has 2 rings (SSSR count). The number of nitrogens with one attached hydrogen (secondary N) is 1. The molecule has 0 aromatic heterocycles. The van der Waals surface area contributed by atoms with Gasteiger partial charge < -0.3 is 15.2 Å². The van der Waals surface area contributed by atoms with Crippen molar-refractivity contribution in [3.8, 4) is 17.6 Å². The highest BCUT2D eigenvalue weighted by molar-refractivity contribution is 9.10. The van der Waals surface area contributed by atoms with Gasteiger partial charge in [-0.15, -0.1) is 0 Å². The Kier molecular flexibility index (Phi) is 7.60. The van der Waals surface area contributed by atoms with Crippen molar-refractivity contribution in [1.29, 1.82) is 5.26 Å². The van der Waals surface area contributed by atoms with E-state index in [1.165, 1.54) is 6.08 Å². The first-order valence-corrected chi connectivity index (χ1v) is 9.09. The Labute approximate surface area is 170 Å². The third-order valence-electron chi connectivity index (χ3n) is 3.49. The van der Waals surface area contributed by atoms with Gasteiger partial charge in [0.2, 0.25) is 0 Å². The van der Waals surface area contributed by atoms with Crippen molar-refractivity contribution < 1.29 is 19.1 Å². The number of carbonyl (C=O) groups excluding carboxylic acids is 2. The van der Waals surface area contributed by atoms with E-state index in [0.717, 1.165) is 10.0 Å². The summed E-state index contributed by atoms with van der Waals surface area (Å²) >= 11 is 3.39. The summed E-state index contributed by atoms with van der Waals surface area (Å²) in [7, 11) is 0. The lowest BCUT2D eigenvalue weighted by Gasteiger charge is -2.13. The number of urea groups is 1. The van der Waals surface area contributed by atoms with E-state index in [2.05, 4.69) is 15.9 Å². The Morgan fingerprint density at radius 1 is 1.18 bits per heavy atom. The molecule has 0 aliphatic rings. The molecule has 28 heavy (non-hydrogen) atoms. The maximum Gasteiger partial charge on any atom is 0.319 e. The fraction of sp³-hybridized carbons (Fsp3) is 0.150. The SMILES string of the molecule is CCOc1cc(/C=C(/C#N)C(=O)NC(N)=O)ccc1OCc1ccc(Br)cc1. The van der Waals surface area contributed by atoms with Crippen molar-refractivity contribution in [2.45, 2.75) is 13.5 Å². The van der Waals surface area contributed by atoms with Crippen molar-refractivity contribution in [3.63, 3.8) is 0 Å². The highest BCUT2D eigenvalue weighted by atomic mass is 79.9. The van der Waals surface area contributed by atoms with Crippen LogP contribution in [0.1, 0.15) is 18.1 Å². The van der Waals surface area contributed by atoms with E-state index in [1.54, 1.807) is 24.3 Å². The first-order valence-electron chi connectivity index (χ1n) is 8.29. The Balaban J connectivity index is 2.22. The van der Waals surface area contributed by atoms with Gasteiger partial charge in [0.25, 0.3) is 5.91 Å². The number of rotatable bonds is 7. The van der Waals surface area contributed by atoms with E-state index in [0.29, 0.717) is 30.3 Å². The second kappa shape index (κ2) is 10.1. The molecule has 0 fully saturated rings. The highest BCUT2D eigenvalue weighted by Crippen LogP contribution is 2.30. The zero-order valence-corrected chi connectivity index (χ0v) is 16.7. The number of carbonyl (C=O) groups is 2. The van der Waals surface area contributed by atoms with Crippen molar-refractivity contribution >= 4 is 33.9 Å². The molecule has 0 unspecified atom stereocenters. The molecule has 2 aromatic carbocycles. The van der Waals surface area contributed by atoms with Gasteiger partial charge in [-0.25, -0.2) is 4.79 Å².